The summed E-state index contributed by atoms with van der Waals surface area (Å²) >= 11 is 1.26. The van der Waals surface area contributed by atoms with E-state index in [0.717, 1.165) is 30.4 Å². The highest BCUT2D eigenvalue weighted by Crippen LogP contribution is 2.24. The molecule has 3 aromatic rings. The number of anilines is 1. The Balaban J connectivity index is 1.30. The van der Waals surface area contributed by atoms with Crippen LogP contribution in [0.2, 0.25) is 0 Å². The Labute approximate surface area is 172 Å². The van der Waals surface area contributed by atoms with Crippen molar-refractivity contribution in [3.8, 4) is 0 Å². The van der Waals surface area contributed by atoms with E-state index in [1.165, 1.54) is 17.6 Å². The van der Waals surface area contributed by atoms with Gasteiger partial charge in [-0.3, -0.25) is 14.5 Å². The molecule has 1 fully saturated rings. The predicted octanol–water partition coefficient (Wildman–Crippen LogP) is 3.16. The Hall–Kier alpha value is -2.91. The second-order valence-corrected chi connectivity index (χ2v) is 8.00. The van der Waals surface area contributed by atoms with Gasteiger partial charge in [0.05, 0.1) is 28.4 Å². The summed E-state index contributed by atoms with van der Waals surface area (Å²) in [7, 11) is 0. The number of furan rings is 1. The standard InChI is InChI=1S/C20H22N4O4S/c1-13-14(2)28-17(21-13)12-23-7-9-24(10-8-23)20(26)16-5-6-18(29-16)22-19(25)15-4-3-11-27-15/h3-6,11H,7-10,12H2,1-2H3,(H,22,25). The van der Waals surface area contributed by atoms with Gasteiger partial charge in [-0.05, 0) is 38.1 Å². The highest BCUT2D eigenvalue weighted by atomic mass is 32.1. The summed E-state index contributed by atoms with van der Waals surface area (Å²) in [6.07, 6.45) is 1.45. The van der Waals surface area contributed by atoms with Gasteiger partial charge in [-0.15, -0.1) is 11.3 Å². The van der Waals surface area contributed by atoms with Gasteiger partial charge in [0.25, 0.3) is 11.8 Å². The molecule has 29 heavy (non-hydrogen) atoms. The average molecular weight is 414 g/mol. The zero-order valence-corrected chi connectivity index (χ0v) is 17.1. The highest BCUT2D eigenvalue weighted by Gasteiger charge is 2.24. The van der Waals surface area contributed by atoms with E-state index in [0.29, 0.717) is 29.5 Å². The number of rotatable bonds is 5. The molecule has 0 radical (unpaired) electrons. The minimum Gasteiger partial charge on any atom is -0.459 e. The summed E-state index contributed by atoms with van der Waals surface area (Å²) in [5.74, 6) is 1.45. The molecule has 0 saturated carbocycles. The van der Waals surface area contributed by atoms with Gasteiger partial charge in [0, 0.05) is 26.2 Å². The molecule has 2 amide bonds. The number of hydrogen-bond acceptors (Lipinski definition) is 7. The van der Waals surface area contributed by atoms with E-state index in [2.05, 4.69) is 15.2 Å². The molecular formula is C20H22N4O4S. The number of thiophene rings is 1. The van der Waals surface area contributed by atoms with Gasteiger partial charge in [-0.25, -0.2) is 4.98 Å². The Morgan fingerprint density at radius 2 is 1.97 bits per heavy atom. The van der Waals surface area contributed by atoms with Gasteiger partial charge < -0.3 is 19.1 Å². The zero-order chi connectivity index (χ0) is 20.4. The lowest BCUT2D eigenvalue weighted by molar-refractivity contribution is 0.0622. The molecule has 4 heterocycles. The number of amides is 2. The fourth-order valence-corrected chi connectivity index (χ4v) is 4.03. The maximum Gasteiger partial charge on any atom is 0.291 e. The molecule has 0 bridgehead atoms. The summed E-state index contributed by atoms with van der Waals surface area (Å²) in [6, 6.07) is 6.73. The Bertz CT molecular complexity index is 980. The molecule has 8 nitrogen and oxygen atoms in total. The van der Waals surface area contributed by atoms with Crippen LogP contribution in [0.1, 0.15) is 37.6 Å². The first-order valence-electron chi connectivity index (χ1n) is 9.39. The van der Waals surface area contributed by atoms with Crippen LogP contribution in [0.25, 0.3) is 0 Å². The second-order valence-electron chi connectivity index (χ2n) is 6.91. The molecule has 1 saturated heterocycles. The van der Waals surface area contributed by atoms with E-state index in [-0.39, 0.29) is 17.6 Å². The van der Waals surface area contributed by atoms with E-state index in [9.17, 15) is 9.59 Å². The number of oxazole rings is 1. The maximum absolute atomic E-state index is 12.8. The van der Waals surface area contributed by atoms with Crippen LogP contribution in [0.5, 0.6) is 0 Å². The van der Waals surface area contributed by atoms with Gasteiger partial charge in [-0.1, -0.05) is 0 Å². The largest absolute Gasteiger partial charge is 0.459 e. The van der Waals surface area contributed by atoms with Crippen molar-refractivity contribution in [3.63, 3.8) is 0 Å². The third-order valence-electron chi connectivity index (χ3n) is 4.89. The number of nitrogens with one attached hydrogen (secondary N) is 1. The molecule has 1 aliphatic heterocycles. The topological polar surface area (TPSA) is 91.8 Å². The van der Waals surface area contributed by atoms with Gasteiger partial charge >= 0.3 is 0 Å². The molecule has 1 N–H and O–H groups in total. The molecule has 0 unspecified atom stereocenters. The Morgan fingerprint density at radius 3 is 2.62 bits per heavy atom. The van der Waals surface area contributed by atoms with Gasteiger partial charge in [0.15, 0.2) is 5.76 Å². The van der Waals surface area contributed by atoms with Crippen LogP contribution in [0, 0.1) is 13.8 Å². The molecule has 1 aliphatic rings. The van der Waals surface area contributed by atoms with Crippen LogP contribution in [0.15, 0.2) is 39.4 Å². The molecule has 9 heteroatoms. The molecule has 0 aliphatic carbocycles. The summed E-state index contributed by atoms with van der Waals surface area (Å²) in [4.78, 5) is 33.9. The highest BCUT2D eigenvalue weighted by molar-refractivity contribution is 7.18. The van der Waals surface area contributed by atoms with Gasteiger partial charge in [0.2, 0.25) is 5.89 Å². The first kappa shape index (κ1) is 19.4. The van der Waals surface area contributed by atoms with E-state index in [1.54, 1.807) is 24.3 Å². The second kappa shape index (κ2) is 8.22. The number of carbonyl (C=O) groups is 2. The monoisotopic (exact) mass is 414 g/mol. The minimum atomic E-state index is -0.332. The van der Waals surface area contributed by atoms with Crippen LogP contribution < -0.4 is 5.32 Å². The molecule has 4 rings (SSSR count). The lowest BCUT2D eigenvalue weighted by Crippen LogP contribution is -2.48. The first-order valence-corrected chi connectivity index (χ1v) is 10.2. The summed E-state index contributed by atoms with van der Waals surface area (Å²) in [6.45, 7) is 7.31. The zero-order valence-electron chi connectivity index (χ0n) is 16.3. The lowest BCUT2D eigenvalue weighted by atomic mass is 10.3. The van der Waals surface area contributed by atoms with Crippen molar-refractivity contribution in [2.75, 3.05) is 31.5 Å². The Kier molecular flexibility index (Phi) is 5.50. The molecule has 3 aromatic heterocycles. The van der Waals surface area contributed by atoms with E-state index in [4.69, 9.17) is 8.83 Å². The number of piperazine rings is 1. The molecule has 0 spiro atoms. The number of aryl methyl sites for hydroxylation is 2. The van der Waals surface area contributed by atoms with Crippen LogP contribution in [0.4, 0.5) is 5.00 Å². The molecule has 0 aromatic carbocycles. The summed E-state index contributed by atoms with van der Waals surface area (Å²) < 4.78 is 10.7. The van der Waals surface area contributed by atoms with Crippen LogP contribution in [-0.4, -0.2) is 52.8 Å². The number of hydrogen-bond donors (Lipinski definition) is 1. The predicted molar refractivity (Wildman–Crippen MR) is 108 cm³/mol. The average Bonchev–Trinajstić information content (AvgIpc) is 3.45. The van der Waals surface area contributed by atoms with E-state index >= 15 is 0 Å². The summed E-state index contributed by atoms with van der Waals surface area (Å²) in [5.41, 5.74) is 0.918. The first-order chi connectivity index (χ1) is 14.0. The molecular weight excluding hydrogens is 392 g/mol. The fraction of sp³-hybridized carbons (Fsp3) is 0.350. The van der Waals surface area contributed by atoms with Crippen molar-refractivity contribution < 1.29 is 18.4 Å². The van der Waals surface area contributed by atoms with Crippen molar-refractivity contribution in [1.82, 2.24) is 14.8 Å². The smallest absolute Gasteiger partial charge is 0.291 e. The van der Waals surface area contributed by atoms with Crippen molar-refractivity contribution in [2.24, 2.45) is 0 Å². The van der Waals surface area contributed by atoms with Gasteiger partial charge in [-0.2, -0.15) is 0 Å². The van der Waals surface area contributed by atoms with E-state index in [1.807, 2.05) is 18.7 Å². The fourth-order valence-electron chi connectivity index (χ4n) is 3.16. The normalized spacial score (nSPS) is 14.9. The van der Waals surface area contributed by atoms with Crippen molar-refractivity contribution >= 4 is 28.2 Å². The molecule has 0 atom stereocenters. The van der Waals surface area contributed by atoms with E-state index < -0.39 is 0 Å². The number of aromatic nitrogens is 1. The quantitative estimate of drug-likeness (QED) is 0.690. The number of nitrogens with zero attached hydrogens (tertiary/aromatic N) is 3. The lowest BCUT2D eigenvalue weighted by Gasteiger charge is -2.33. The minimum absolute atomic E-state index is 0.0176. The number of carbonyl (C=O) groups excluding carboxylic acids is 2. The Morgan fingerprint density at radius 1 is 1.17 bits per heavy atom. The SMILES string of the molecule is Cc1nc(CN2CCN(C(=O)c3ccc(NC(=O)c4ccco4)s3)CC2)oc1C. The maximum atomic E-state index is 12.8. The van der Waals surface area contributed by atoms with Crippen LogP contribution >= 0.6 is 11.3 Å². The van der Waals surface area contributed by atoms with Crippen LogP contribution in [-0.2, 0) is 6.54 Å². The van der Waals surface area contributed by atoms with Crippen molar-refractivity contribution in [1.29, 1.82) is 0 Å². The third-order valence-corrected chi connectivity index (χ3v) is 5.88. The summed E-state index contributed by atoms with van der Waals surface area (Å²) in [5, 5.41) is 3.37. The van der Waals surface area contributed by atoms with Gasteiger partial charge in [0.1, 0.15) is 5.76 Å². The van der Waals surface area contributed by atoms with Crippen molar-refractivity contribution in [3.05, 3.63) is 58.5 Å². The van der Waals surface area contributed by atoms with Crippen LogP contribution in [0.3, 0.4) is 0 Å². The third kappa shape index (κ3) is 4.41. The van der Waals surface area contributed by atoms with Crippen molar-refractivity contribution in [2.45, 2.75) is 20.4 Å². The molecule has 152 valence electrons.